The number of aliphatic hydroxyl groups is 1. The van der Waals surface area contributed by atoms with E-state index in [0.29, 0.717) is 5.15 Å². The lowest BCUT2D eigenvalue weighted by molar-refractivity contribution is 0.279. The molecule has 0 spiro atoms. The molecule has 0 saturated heterocycles. The molecule has 3 nitrogen and oxygen atoms in total. The highest BCUT2D eigenvalue weighted by molar-refractivity contribution is 6.30. The summed E-state index contributed by atoms with van der Waals surface area (Å²) in [5.41, 5.74) is 2.61. The normalized spacial score (nSPS) is 10.5. The van der Waals surface area contributed by atoms with Gasteiger partial charge in [0.05, 0.1) is 12.3 Å². The van der Waals surface area contributed by atoms with Crippen molar-refractivity contribution in [2.45, 2.75) is 33.3 Å². The summed E-state index contributed by atoms with van der Waals surface area (Å²) in [6, 6.07) is 0. The van der Waals surface area contributed by atoms with Crippen LogP contribution in [0.1, 0.15) is 30.2 Å². The van der Waals surface area contributed by atoms with Crippen LogP contribution in [0.3, 0.4) is 0 Å². The molecule has 0 aliphatic heterocycles. The summed E-state index contributed by atoms with van der Waals surface area (Å²) in [5, 5.41) is 17.1. The van der Waals surface area contributed by atoms with Gasteiger partial charge in [-0.1, -0.05) is 24.9 Å². The Hall–Kier alpha value is -0.670. The van der Waals surface area contributed by atoms with Gasteiger partial charge in [-0.05, 0) is 18.9 Å². The Morgan fingerprint density at radius 2 is 2.00 bits per heavy atom. The van der Waals surface area contributed by atoms with Crippen molar-refractivity contribution in [2.75, 3.05) is 0 Å². The number of aromatic nitrogens is 2. The van der Waals surface area contributed by atoms with E-state index in [2.05, 4.69) is 17.1 Å². The molecule has 0 fully saturated rings. The first-order valence-corrected chi connectivity index (χ1v) is 4.69. The molecule has 1 rings (SSSR count). The van der Waals surface area contributed by atoms with Crippen LogP contribution in [0, 0.1) is 6.92 Å². The van der Waals surface area contributed by atoms with E-state index in [9.17, 15) is 0 Å². The summed E-state index contributed by atoms with van der Waals surface area (Å²) in [7, 11) is 0. The second-order valence-electron chi connectivity index (χ2n) is 2.94. The molecule has 0 aliphatic carbocycles. The minimum absolute atomic E-state index is 0.0650. The van der Waals surface area contributed by atoms with E-state index in [-0.39, 0.29) is 6.61 Å². The molecule has 72 valence electrons. The van der Waals surface area contributed by atoms with E-state index in [1.165, 1.54) is 0 Å². The lowest BCUT2D eigenvalue weighted by atomic mass is 10.0. The van der Waals surface area contributed by atoms with Gasteiger partial charge in [-0.15, -0.1) is 5.10 Å². The van der Waals surface area contributed by atoms with Crippen molar-refractivity contribution in [1.82, 2.24) is 10.2 Å². The topological polar surface area (TPSA) is 46.0 Å². The van der Waals surface area contributed by atoms with Crippen LogP contribution in [0.4, 0.5) is 0 Å². The van der Waals surface area contributed by atoms with E-state index in [4.69, 9.17) is 16.7 Å². The molecule has 0 atom stereocenters. The Kier molecular flexibility index (Phi) is 3.63. The van der Waals surface area contributed by atoms with E-state index in [1.54, 1.807) is 0 Å². The Morgan fingerprint density at radius 1 is 1.31 bits per heavy atom. The fraction of sp³-hybridized carbons (Fsp3) is 0.556. The van der Waals surface area contributed by atoms with Crippen molar-refractivity contribution in [2.24, 2.45) is 0 Å². The van der Waals surface area contributed by atoms with Gasteiger partial charge < -0.3 is 5.11 Å². The van der Waals surface area contributed by atoms with Gasteiger partial charge in [0.25, 0.3) is 0 Å². The van der Waals surface area contributed by atoms with Gasteiger partial charge in [0.15, 0.2) is 5.15 Å². The van der Waals surface area contributed by atoms with Crippen LogP contribution in [-0.2, 0) is 13.0 Å². The van der Waals surface area contributed by atoms with Crippen LogP contribution in [0.15, 0.2) is 0 Å². The third-order valence-electron chi connectivity index (χ3n) is 2.00. The summed E-state index contributed by atoms with van der Waals surface area (Å²) in [5.74, 6) is 0. The first kappa shape index (κ1) is 10.4. The average Bonchev–Trinajstić information content (AvgIpc) is 2.12. The Balaban J connectivity index is 3.18. The second-order valence-corrected chi connectivity index (χ2v) is 3.30. The Labute approximate surface area is 82.8 Å². The molecule has 0 aliphatic rings. The zero-order chi connectivity index (χ0) is 9.84. The van der Waals surface area contributed by atoms with Gasteiger partial charge >= 0.3 is 0 Å². The zero-order valence-corrected chi connectivity index (χ0v) is 8.60. The zero-order valence-electron chi connectivity index (χ0n) is 7.84. The maximum absolute atomic E-state index is 9.10. The Bertz CT molecular complexity index is 302. The monoisotopic (exact) mass is 200 g/mol. The van der Waals surface area contributed by atoms with Crippen molar-refractivity contribution >= 4 is 11.6 Å². The van der Waals surface area contributed by atoms with Gasteiger partial charge in [-0.25, -0.2) is 0 Å². The lowest BCUT2D eigenvalue weighted by Gasteiger charge is -2.09. The van der Waals surface area contributed by atoms with Crippen LogP contribution < -0.4 is 0 Å². The van der Waals surface area contributed by atoms with Crippen molar-refractivity contribution < 1.29 is 5.11 Å². The highest BCUT2D eigenvalue weighted by atomic mass is 35.5. The molecule has 1 heterocycles. The third kappa shape index (κ3) is 2.17. The quantitative estimate of drug-likeness (QED) is 0.811. The maximum atomic E-state index is 9.10. The van der Waals surface area contributed by atoms with Gasteiger partial charge in [0.2, 0.25) is 0 Å². The fourth-order valence-corrected chi connectivity index (χ4v) is 1.54. The number of hydrogen-bond donors (Lipinski definition) is 1. The number of rotatable bonds is 3. The standard InChI is InChI=1S/C9H13ClN2O/c1-3-4-7-6(2)11-12-9(10)8(7)5-13/h13H,3-5H2,1-2H3. The van der Waals surface area contributed by atoms with Gasteiger partial charge in [0, 0.05) is 5.56 Å². The largest absolute Gasteiger partial charge is 0.392 e. The predicted octanol–water partition coefficient (Wildman–Crippen LogP) is 1.88. The molecule has 1 N–H and O–H groups in total. The SMILES string of the molecule is CCCc1c(C)nnc(Cl)c1CO. The second kappa shape index (κ2) is 4.53. The summed E-state index contributed by atoms with van der Waals surface area (Å²) in [4.78, 5) is 0. The number of aliphatic hydroxyl groups excluding tert-OH is 1. The van der Waals surface area contributed by atoms with Gasteiger partial charge in [-0.2, -0.15) is 5.10 Å². The first-order valence-electron chi connectivity index (χ1n) is 4.32. The van der Waals surface area contributed by atoms with Crippen LogP contribution >= 0.6 is 11.6 Å². The van der Waals surface area contributed by atoms with Crippen LogP contribution in [-0.4, -0.2) is 15.3 Å². The number of nitrogens with zero attached hydrogens (tertiary/aromatic N) is 2. The number of halogens is 1. The summed E-state index contributed by atoms with van der Waals surface area (Å²) in [6.07, 6.45) is 1.90. The van der Waals surface area contributed by atoms with Crippen molar-refractivity contribution in [1.29, 1.82) is 0 Å². The fourth-order valence-electron chi connectivity index (χ4n) is 1.32. The maximum Gasteiger partial charge on any atom is 0.157 e. The molecular formula is C9H13ClN2O. The third-order valence-corrected chi connectivity index (χ3v) is 2.30. The summed E-state index contributed by atoms with van der Waals surface area (Å²) >= 11 is 5.80. The molecule has 1 aromatic rings. The van der Waals surface area contributed by atoms with Crippen LogP contribution in [0.2, 0.25) is 5.15 Å². The average molecular weight is 201 g/mol. The molecule has 13 heavy (non-hydrogen) atoms. The number of aryl methyl sites for hydroxylation is 1. The van der Waals surface area contributed by atoms with E-state index in [1.807, 2.05) is 6.92 Å². The highest BCUT2D eigenvalue weighted by Crippen LogP contribution is 2.20. The van der Waals surface area contributed by atoms with Crippen LogP contribution in [0.5, 0.6) is 0 Å². The molecule has 1 aromatic heterocycles. The van der Waals surface area contributed by atoms with E-state index < -0.39 is 0 Å². The predicted molar refractivity (Wildman–Crippen MR) is 51.7 cm³/mol. The molecule has 0 radical (unpaired) electrons. The van der Waals surface area contributed by atoms with E-state index in [0.717, 1.165) is 29.7 Å². The van der Waals surface area contributed by atoms with Crippen molar-refractivity contribution in [3.63, 3.8) is 0 Å². The minimum atomic E-state index is -0.0650. The summed E-state index contributed by atoms with van der Waals surface area (Å²) in [6.45, 7) is 3.90. The van der Waals surface area contributed by atoms with Crippen molar-refractivity contribution in [3.05, 3.63) is 22.0 Å². The molecule has 0 unspecified atom stereocenters. The Morgan fingerprint density at radius 3 is 2.54 bits per heavy atom. The number of hydrogen-bond acceptors (Lipinski definition) is 3. The highest BCUT2D eigenvalue weighted by Gasteiger charge is 2.10. The molecule has 0 saturated carbocycles. The molecule has 0 amide bonds. The lowest BCUT2D eigenvalue weighted by Crippen LogP contribution is -2.03. The van der Waals surface area contributed by atoms with E-state index >= 15 is 0 Å². The molecule has 0 aromatic carbocycles. The molecule has 0 bridgehead atoms. The molecular weight excluding hydrogens is 188 g/mol. The van der Waals surface area contributed by atoms with Gasteiger partial charge in [-0.3, -0.25) is 0 Å². The minimum Gasteiger partial charge on any atom is -0.392 e. The molecule has 4 heteroatoms. The van der Waals surface area contributed by atoms with Gasteiger partial charge in [0.1, 0.15) is 0 Å². The van der Waals surface area contributed by atoms with Crippen molar-refractivity contribution in [3.8, 4) is 0 Å². The smallest absolute Gasteiger partial charge is 0.157 e. The first-order chi connectivity index (χ1) is 6.20. The van der Waals surface area contributed by atoms with Crippen LogP contribution in [0.25, 0.3) is 0 Å². The summed E-state index contributed by atoms with van der Waals surface area (Å²) < 4.78 is 0.